The number of nitrogens with zero attached hydrogens (tertiary/aromatic N) is 4. The normalized spacial score (nSPS) is 11.7. The Labute approximate surface area is 144 Å². The van der Waals surface area contributed by atoms with Crippen molar-refractivity contribution < 1.29 is 9.50 Å². The maximum absolute atomic E-state index is 13.7. The van der Waals surface area contributed by atoms with Crippen molar-refractivity contribution in [2.24, 2.45) is 4.99 Å². The minimum absolute atomic E-state index is 0.0452. The minimum Gasteiger partial charge on any atom is -0.499 e. The predicted molar refractivity (Wildman–Crippen MR) is 90.3 cm³/mol. The molecule has 10 heteroatoms. The van der Waals surface area contributed by atoms with Gasteiger partial charge in [-0.05, 0) is 24.3 Å². The van der Waals surface area contributed by atoms with Crippen molar-refractivity contribution in [2.75, 3.05) is 0 Å². The lowest BCUT2D eigenvalue weighted by Gasteiger charge is -2.02. The van der Waals surface area contributed by atoms with E-state index in [0.29, 0.717) is 16.9 Å². The fourth-order valence-electron chi connectivity index (χ4n) is 2.16. The third kappa shape index (κ3) is 3.69. The summed E-state index contributed by atoms with van der Waals surface area (Å²) >= 11 is 0.496. The van der Waals surface area contributed by atoms with Crippen LogP contribution in [-0.2, 0) is 6.54 Å². The highest BCUT2D eigenvalue weighted by Gasteiger charge is 2.13. The number of aromatic hydroxyl groups is 1. The molecule has 25 heavy (non-hydrogen) atoms. The smallest absolute Gasteiger partial charge is 0.310 e. The number of H-pyrrole nitrogens is 1. The minimum atomic E-state index is -0.742. The van der Waals surface area contributed by atoms with Crippen LogP contribution in [0.4, 0.5) is 10.3 Å². The molecule has 2 heterocycles. The number of hydrogen-bond acceptors (Lipinski definition) is 7. The lowest BCUT2D eigenvalue weighted by atomic mass is 10.2. The van der Waals surface area contributed by atoms with Gasteiger partial charge in [-0.2, -0.15) is 4.98 Å². The van der Waals surface area contributed by atoms with Crippen LogP contribution >= 0.6 is 11.3 Å². The molecular weight excluding hydrogens is 349 g/mol. The molecule has 0 bridgehead atoms. The van der Waals surface area contributed by atoms with Crippen molar-refractivity contribution >= 4 is 23.0 Å². The van der Waals surface area contributed by atoms with Crippen LogP contribution in [0.2, 0.25) is 0 Å². The van der Waals surface area contributed by atoms with E-state index in [-0.39, 0.29) is 29.6 Å². The SMILES string of the molecule is CC(=Nc1ncn(Cc2ccccc2F)n1)c1c(O)sc(=O)[nH]c1=O. The molecule has 0 aliphatic carbocycles. The summed E-state index contributed by atoms with van der Waals surface area (Å²) in [6.45, 7) is 1.66. The van der Waals surface area contributed by atoms with Gasteiger partial charge in [0.2, 0.25) is 0 Å². The first-order valence-corrected chi connectivity index (χ1v) is 7.90. The summed E-state index contributed by atoms with van der Waals surface area (Å²) in [4.78, 5) is 32.4. The molecule has 0 unspecified atom stereocenters. The Morgan fingerprint density at radius 2 is 2.16 bits per heavy atom. The van der Waals surface area contributed by atoms with Gasteiger partial charge in [-0.1, -0.05) is 18.2 Å². The summed E-state index contributed by atoms with van der Waals surface area (Å²) in [6.07, 6.45) is 1.38. The average Bonchev–Trinajstić information content (AvgIpc) is 2.95. The Morgan fingerprint density at radius 3 is 2.88 bits per heavy atom. The van der Waals surface area contributed by atoms with Gasteiger partial charge >= 0.3 is 4.87 Å². The van der Waals surface area contributed by atoms with E-state index in [1.807, 2.05) is 0 Å². The maximum Gasteiger partial charge on any atom is 0.310 e. The molecule has 0 spiro atoms. The van der Waals surface area contributed by atoms with E-state index in [4.69, 9.17) is 0 Å². The molecule has 0 amide bonds. The van der Waals surface area contributed by atoms with E-state index in [2.05, 4.69) is 20.1 Å². The molecule has 0 saturated heterocycles. The summed E-state index contributed by atoms with van der Waals surface area (Å²) in [5.74, 6) is -0.307. The Morgan fingerprint density at radius 1 is 1.40 bits per heavy atom. The number of aliphatic imine (C=N–C) groups is 1. The molecule has 1 aromatic carbocycles. The largest absolute Gasteiger partial charge is 0.499 e. The van der Waals surface area contributed by atoms with Crippen LogP contribution in [-0.4, -0.2) is 30.6 Å². The second-order valence-corrected chi connectivity index (χ2v) is 6.02. The van der Waals surface area contributed by atoms with Crippen molar-refractivity contribution in [3.8, 4) is 5.06 Å². The fourth-order valence-corrected chi connectivity index (χ4v) is 2.82. The van der Waals surface area contributed by atoms with Gasteiger partial charge in [0.25, 0.3) is 11.5 Å². The third-order valence-electron chi connectivity index (χ3n) is 3.29. The van der Waals surface area contributed by atoms with Crippen LogP contribution in [0.25, 0.3) is 0 Å². The fraction of sp³-hybridized carbons (Fsp3) is 0.133. The monoisotopic (exact) mass is 361 g/mol. The number of benzene rings is 1. The molecule has 0 atom stereocenters. The molecule has 2 N–H and O–H groups in total. The van der Waals surface area contributed by atoms with Crippen molar-refractivity contribution in [1.82, 2.24) is 19.7 Å². The molecule has 3 aromatic rings. The van der Waals surface area contributed by atoms with E-state index < -0.39 is 15.5 Å². The van der Waals surface area contributed by atoms with Gasteiger partial charge in [0.1, 0.15) is 17.7 Å². The van der Waals surface area contributed by atoms with Crippen molar-refractivity contribution in [3.05, 3.63) is 67.6 Å². The summed E-state index contributed by atoms with van der Waals surface area (Å²) < 4.78 is 15.1. The van der Waals surface area contributed by atoms with Gasteiger partial charge in [0, 0.05) is 5.56 Å². The Balaban J connectivity index is 1.88. The Bertz CT molecular complexity index is 1070. The first-order valence-electron chi connectivity index (χ1n) is 7.09. The molecule has 2 aromatic heterocycles. The summed E-state index contributed by atoms with van der Waals surface area (Å²) in [5, 5.41) is 13.4. The van der Waals surface area contributed by atoms with Gasteiger partial charge in [0.05, 0.1) is 12.3 Å². The molecule has 0 saturated carbocycles. The topological polar surface area (TPSA) is 113 Å². The molecule has 3 rings (SSSR count). The van der Waals surface area contributed by atoms with Crippen LogP contribution in [0.1, 0.15) is 18.1 Å². The maximum atomic E-state index is 13.7. The van der Waals surface area contributed by atoms with Crippen molar-refractivity contribution in [2.45, 2.75) is 13.5 Å². The summed E-state index contributed by atoms with van der Waals surface area (Å²) in [5.41, 5.74) is -0.261. The van der Waals surface area contributed by atoms with E-state index in [0.717, 1.165) is 0 Å². The standard InChI is InChI=1S/C15H12FN5O3S/c1-8(11-12(22)19-15(24)25-13(11)23)18-14-17-7-21(20-14)6-9-4-2-3-5-10(9)16/h2-5,7,23H,6H2,1H3,(H,19,22,24). The zero-order valence-electron chi connectivity index (χ0n) is 12.9. The summed E-state index contributed by atoms with van der Waals surface area (Å²) in [6, 6.07) is 6.30. The Hall–Kier alpha value is -3.14. The summed E-state index contributed by atoms with van der Waals surface area (Å²) in [7, 11) is 0. The van der Waals surface area contributed by atoms with Gasteiger partial charge in [-0.3, -0.25) is 14.6 Å². The average molecular weight is 361 g/mol. The molecule has 0 radical (unpaired) electrons. The first kappa shape index (κ1) is 16.7. The quantitative estimate of drug-likeness (QED) is 0.683. The van der Waals surface area contributed by atoms with E-state index >= 15 is 0 Å². The molecule has 0 aliphatic rings. The number of aromatic nitrogens is 4. The number of halogens is 1. The van der Waals surface area contributed by atoms with Gasteiger partial charge in [-0.15, -0.1) is 5.10 Å². The van der Waals surface area contributed by atoms with Crippen LogP contribution in [0.15, 0.2) is 45.2 Å². The zero-order valence-corrected chi connectivity index (χ0v) is 13.7. The second kappa shape index (κ2) is 6.77. The second-order valence-electron chi connectivity index (χ2n) is 5.05. The number of rotatable bonds is 4. The van der Waals surface area contributed by atoms with E-state index in [1.54, 1.807) is 18.2 Å². The van der Waals surface area contributed by atoms with Gasteiger partial charge in [-0.25, -0.2) is 14.1 Å². The first-order chi connectivity index (χ1) is 11.9. The third-order valence-corrected chi connectivity index (χ3v) is 3.97. The molecular formula is C15H12FN5O3S. The van der Waals surface area contributed by atoms with E-state index in [9.17, 15) is 19.1 Å². The van der Waals surface area contributed by atoms with Gasteiger partial charge in [0.15, 0.2) is 5.06 Å². The molecule has 8 nitrogen and oxygen atoms in total. The molecule has 0 aliphatic heterocycles. The van der Waals surface area contributed by atoms with Crippen molar-refractivity contribution in [1.29, 1.82) is 0 Å². The Kier molecular flexibility index (Phi) is 4.52. The van der Waals surface area contributed by atoms with Gasteiger partial charge < -0.3 is 5.11 Å². The highest BCUT2D eigenvalue weighted by Crippen LogP contribution is 2.17. The molecule has 0 fully saturated rings. The van der Waals surface area contributed by atoms with Crippen LogP contribution < -0.4 is 10.4 Å². The number of nitrogens with one attached hydrogen (secondary N) is 1. The van der Waals surface area contributed by atoms with E-state index in [1.165, 1.54) is 24.0 Å². The number of aromatic amines is 1. The van der Waals surface area contributed by atoms with Crippen molar-refractivity contribution in [3.63, 3.8) is 0 Å². The highest BCUT2D eigenvalue weighted by atomic mass is 32.1. The molecule has 128 valence electrons. The lowest BCUT2D eigenvalue weighted by molar-refractivity contribution is 0.487. The van der Waals surface area contributed by atoms with Crippen LogP contribution in [0.3, 0.4) is 0 Å². The zero-order chi connectivity index (χ0) is 18.0. The number of hydrogen-bond donors (Lipinski definition) is 2. The van der Waals surface area contributed by atoms with Crippen LogP contribution in [0.5, 0.6) is 5.06 Å². The van der Waals surface area contributed by atoms with Crippen LogP contribution in [0, 0.1) is 5.82 Å². The lowest BCUT2D eigenvalue weighted by Crippen LogP contribution is -2.22. The highest BCUT2D eigenvalue weighted by molar-refractivity contribution is 7.11. The predicted octanol–water partition coefficient (Wildman–Crippen LogP) is 1.42.